The van der Waals surface area contributed by atoms with Crippen LogP contribution in [0.5, 0.6) is 5.75 Å². The molecule has 0 bridgehead atoms. The van der Waals surface area contributed by atoms with Crippen LogP contribution in [0.25, 0.3) is 0 Å². The third-order valence-electron chi connectivity index (χ3n) is 2.59. The second-order valence-electron chi connectivity index (χ2n) is 4.22. The maximum atomic E-state index is 13.0. The van der Waals surface area contributed by atoms with Crippen LogP contribution in [0.1, 0.15) is 5.56 Å². The summed E-state index contributed by atoms with van der Waals surface area (Å²) in [5, 5.41) is 0. The van der Waals surface area contributed by atoms with Crippen molar-refractivity contribution < 1.29 is 17.5 Å². The highest BCUT2D eigenvalue weighted by Gasteiger charge is 2.12. The van der Waals surface area contributed by atoms with Gasteiger partial charge in [-0.3, -0.25) is 4.72 Å². The second kappa shape index (κ2) is 5.92. The van der Waals surface area contributed by atoms with Gasteiger partial charge in [0.05, 0.1) is 18.6 Å². The van der Waals surface area contributed by atoms with Gasteiger partial charge in [0.25, 0.3) is 0 Å². The lowest BCUT2D eigenvalue weighted by Gasteiger charge is -2.09. The Hall–Kier alpha value is -2.08. The maximum Gasteiger partial charge on any atom is 0.236 e. The van der Waals surface area contributed by atoms with Gasteiger partial charge < -0.3 is 4.74 Å². The van der Waals surface area contributed by atoms with Crippen LogP contribution >= 0.6 is 0 Å². The summed E-state index contributed by atoms with van der Waals surface area (Å²) in [6, 6.07) is 12.1. The van der Waals surface area contributed by atoms with Crippen molar-refractivity contribution >= 4 is 15.7 Å². The number of hydrogen-bond donors (Lipinski definition) is 1. The summed E-state index contributed by atoms with van der Waals surface area (Å²) in [5.41, 5.74) is 0.793. The summed E-state index contributed by atoms with van der Waals surface area (Å²) in [7, 11) is -2.09. The highest BCUT2D eigenvalue weighted by molar-refractivity contribution is 7.91. The van der Waals surface area contributed by atoms with Crippen molar-refractivity contribution in [1.29, 1.82) is 0 Å². The zero-order chi connectivity index (χ0) is 14.6. The molecule has 0 unspecified atom stereocenters. The van der Waals surface area contributed by atoms with E-state index in [1.807, 2.05) is 0 Å². The number of rotatable bonds is 5. The van der Waals surface area contributed by atoms with E-state index in [1.165, 1.54) is 25.3 Å². The molecule has 2 aromatic rings. The molecule has 0 saturated carbocycles. The predicted molar refractivity (Wildman–Crippen MR) is 75.6 cm³/mol. The van der Waals surface area contributed by atoms with Crippen LogP contribution in [0.4, 0.5) is 10.1 Å². The van der Waals surface area contributed by atoms with E-state index in [2.05, 4.69) is 4.72 Å². The summed E-state index contributed by atoms with van der Waals surface area (Å²) in [5.74, 6) is -0.115. The molecule has 6 heteroatoms. The number of benzene rings is 2. The predicted octanol–water partition coefficient (Wildman–Crippen LogP) is 2.78. The largest absolute Gasteiger partial charge is 0.497 e. The van der Waals surface area contributed by atoms with E-state index in [0.29, 0.717) is 11.3 Å². The van der Waals surface area contributed by atoms with Crippen molar-refractivity contribution in [2.75, 3.05) is 11.8 Å². The summed E-state index contributed by atoms with van der Waals surface area (Å²) < 4.78 is 44.4. The van der Waals surface area contributed by atoms with Gasteiger partial charge in [0, 0.05) is 0 Å². The van der Waals surface area contributed by atoms with Crippen LogP contribution in [-0.4, -0.2) is 15.5 Å². The normalized spacial score (nSPS) is 11.1. The first-order valence-corrected chi connectivity index (χ1v) is 7.53. The van der Waals surface area contributed by atoms with E-state index < -0.39 is 15.8 Å². The van der Waals surface area contributed by atoms with Gasteiger partial charge in [0.15, 0.2) is 0 Å². The second-order valence-corrected chi connectivity index (χ2v) is 5.95. The molecule has 106 valence electrons. The topological polar surface area (TPSA) is 55.4 Å². The number of anilines is 1. The van der Waals surface area contributed by atoms with Gasteiger partial charge >= 0.3 is 0 Å². The van der Waals surface area contributed by atoms with Crippen LogP contribution in [0, 0.1) is 5.82 Å². The van der Waals surface area contributed by atoms with Gasteiger partial charge in [-0.25, -0.2) is 12.8 Å². The monoisotopic (exact) mass is 295 g/mol. The molecule has 0 spiro atoms. The van der Waals surface area contributed by atoms with Crippen LogP contribution in [0.2, 0.25) is 0 Å². The Kier molecular flexibility index (Phi) is 4.24. The molecule has 0 aliphatic rings. The van der Waals surface area contributed by atoms with Gasteiger partial charge in [0.1, 0.15) is 11.6 Å². The quantitative estimate of drug-likeness (QED) is 0.923. The standard InChI is InChI=1S/C14H14FNO3S/c1-19-14-7-2-4-11(8-14)10-20(17,18)16-13-6-3-5-12(15)9-13/h2-9,16H,10H2,1H3. The van der Waals surface area contributed by atoms with E-state index in [4.69, 9.17) is 4.74 Å². The van der Waals surface area contributed by atoms with Crippen molar-refractivity contribution in [3.63, 3.8) is 0 Å². The van der Waals surface area contributed by atoms with E-state index >= 15 is 0 Å². The molecule has 2 aromatic carbocycles. The van der Waals surface area contributed by atoms with E-state index in [0.717, 1.165) is 6.07 Å². The smallest absolute Gasteiger partial charge is 0.236 e. The number of ether oxygens (including phenoxy) is 1. The van der Waals surface area contributed by atoms with Crippen LogP contribution in [0.3, 0.4) is 0 Å². The van der Waals surface area contributed by atoms with Crippen molar-refractivity contribution in [1.82, 2.24) is 0 Å². The molecule has 1 N–H and O–H groups in total. The Bertz CT molecular complexity index is 701. The molecule has 0 saturated heterocycles. The van der Waals surface area contributed by atoms with Crippen LogP contribution in [-0.2, 0) is 15.8 Å². The average molecular weight is 295 g/mol. The summed E-state index contributed by atoms with van der Waals surface area (Å²) in [6.07, 6.45) is 0. The fourth-order valence-electron chi connectivity index (χ4n) is 1.75. The molecule has 0 atom stereocenters. The van der Waals surface area contributed by atoms with E-state index in [-0.39, 0.29) is 11.4 Å². The molecule has 0 aliphatic heterocycles. The first kappa shape index (κ1) is 14.3. The first-order valence-electron chi connectivity index (χ1n) is 5.87. The van der Waals surface area contributed by atoms with Gasteiger partial charge in [-0.2, -0.15) is 0 Å². The first-order chi connectivity index (χ1) is 9.48. The Labute approximate surface area is 117 Å². The fourth-order valence-corrected chi connectivity index (χ4v) is 2.93. The van der Waals surface area contributed by atoms with Crippen molar-refractivity contribution in [3.05, 3.63) is 59.9 Å². The lowest BCUT2D eigenvalue weighted by Crippen LogP contribution is -2.15. The highest BCUT2D eigenvalue weighted by Crippen LogP contribution is 2.17. The van der Waals surface area contributed by atoms with Crippen molar-refractivity contribution in [2.45, 2.75) is 5.75 Å². The summed E-state index contributed by atoms with van der Waals surface area (Å²) in [4.78, 5) is 0. The van der Waals surface area contributed by atoms with E-state index in [1.54, 1.807) is 24.3 Å². The van der Waals surface area contributed by atoms with Crippen molar-refractivity contribution in [2.24, 2.45) is 0 Å². The van der Waals surface area contributed by atoms with Gasteiger partial charge in [-0.1, -0.05) is 18.2 Å². The minimum absolute atomic E-state index is 0.202. The molecule has 0 heterocycles. The number of halogens is 1. The van der Waals surface area contributed by atoms with Crippen LogP contribution < -0.4 is 9.46 Å². The maximum absolute atomic E-state index is 13.0. The van der Waals surface area contributed by atoms with Crippen molar-refractivity contribution in [3.8, 4) is 5.75 Å². The lowest BCUT2D eigenvalue weighted by atomic mass is 10.2. The van der Waals surface area contributed by atoms with Gasteiger partial charge in [-0.05, 0) is 35.9 Å². The summed E-state index contributed by atoms with van der Waals surface area (Å²) >= 11 is 0. The number of nitrogens with one attached hydrogen (secondary N) is 1. The van der Waals surface area contributed by atoms with E-state index in [9.17, 15) is 12.8 Å². The molecular weight excluding hydrogens is 281 g/mol. The molecule has 0 aliphatic carbocycles. The Morgan fingerprint density at radius 2 is 1.90 bits per heavy atom. The third-order valence-corrected chi connectivity index (χ3v) is 3.85. The Morgan fingerprint density at radius 1 is 1.15 bits per heavy atom. The summed E-state index contributed by atoms with van der Waals surface area (Å²) in [6.45, 7) is 0. The minimum Gasteiger partial charge on any atom is -0.497 e. The average Bonchev–Trinajstić information content (AvgIpc) is 2.37. The Morgan fingerprint density at radius 3 is 2.60 bits per heavy atom. The molecule has 0 aromatic heterocycles. The molecule has 2 rings (SSSR count). The zero-order valence-corrected chi connectivity index (χ0v) is 11.7. The highest BCUT2D eigenvalue weighted by atomic mass is 32.2. The fraction of sp³-hybridized carbons (Fsp3) is 0.143. The molecular formula is C14H14FNO3S. The van der Waals surface area contributed by atoms with Gasteiger partial charge in [0.2, 0.25) is 10.0 Å². The molecule has 0 fully saturated rings. The number of hydrogen-bond acceptors (Lipinski definition) is 3. The molecule has 4 nitrogen and oxygen atoms in total. The minimum atomic E-state index is -3.60. The Balaban J connectivity index is 2.14. The lowest BCUT2D eigenvalue weighted by molar-refractivity contribution is 0.414. The number of methoxy groups -OCH3 is 1. The number of sulfonamides is 1. The van der Waals surface area contributed by atoms with Gasteiger partial charge in [-0.15, -0.1) is 0 Å². The molecule has 20 heavy (non-hydrogen) atoms. The molecule has 0 amide bonds. The van der Waals surface area contributed by atoms with Crippen LogP contribution in [0.15, 0.2) is 48.5 Å². The zero-order valence-electron chi connectivity index (χ0n) is 10.8. The molecule has 0 radical (unpaired) electrons. The SMILES string of the molecule is COc1cccc(CS(=O)(=O)Nc2cccc(F)c2)c1. The third kappa shape index (κ3) is 3.96.